The summed E-state index contributed by atoms with van der Waals surface area (Å²) in [5.41, 5.74) is -5.63. The zero-order chi connectivity index (χ0) is 10.7. The van der Waals surface area contributed by atoms with Gasteiger partial charge in [-0.2, -0.15) is 21.6 Å². The van der Waals surface area contributed by atoms with Crippen molar-refractivity contribution in [1.82, 2.24) is 0 Å². The van der Waals surface area contributed by atoms with Crippen molar-refractivity contribution in [1.29, 1.82) is 0 Å². The summed E-state index contributed by atoms with van der Waals surface area (Å²) in [7, 11) is -5.89. The van der Waals surface area contributed by atoms with Crippen LogP contribution >= 0.6 is 0 Å². The van der Waals surface area contributed by atoms with Gasteiger partial charge >= 0.3 is 21.6 Å². The van der Waals surface area contributed by atoms with E-state index < -0.39 is 21.6 Å². The minimum absolute atomic E-state index is 0.436. The van der Waals surface area contributed by atoms with Gasteiger partial charge in [0.25, 0.3) is 0 Å². The number of carbonyl (C=O) groups excluding carboxylic acids is 1. The van der Waals surface area contributed by atoms with E-state index in [1.165, 1.54) is 0 Å². The van der Waals surface area contributed by atoms with Crippen LogP contribution in [0, 0.1) is 0 Å². The van der Waals surface area contributed by atoms with Gasteiger partial charge in [0.15, 0.2) is 0 Å². The van der Waals surface area contributed by atoms with Crippen molar-refractivity contribution in [3.8, 4) is 0 Å². The van der Waals surface area contributed by atoms with E-state index in [-0.39, 0.29) is 0 Å². The maximum atomic E-state index is 11.5. The fourth-order valence-electron chi connectivity index (χ4n) is 0.151. The third-order valence-electron chi connectivity index (χ3n) is 0.656. The van der Waals surface area contributed by atoms with Crippen molar-refractivity contribution < 1.29 is 35.6 Å². The van der Waals surface area contributed by atoms with Gasteiger partial charge in [0.2, 0.25) is 0 Å². The summed E-state index contributed by atoms with van der Waals surface area (Å²) in [5.74, 6) is -1.45. The van der Waals surface area contributed by atoms with Gasteiger partial charge in [-0.3, -0.25) is 4.89 Å². The summed E-state index contributed by atoms with van der Waals surface area (Å²) in [6.45, 7) is 2.79. The first kappa shape index (κ1) is 11.9. The molecular weight excluding hydrogens is 217 g/mol. The molecule has 0 atom stereocenters. The normalized spacial score (nSPS) is 12.2. The van der Waals surface area contributed by atoms with Crippen molar-refractivity contribution >= 4 is 16.1 Å². The first-order valence-electron chi connectivity index (χ1n) is 2.54. The number of hydrogen-bond donors (Lipinski definition) is 0. The zero-order valence-electron chi connectivity index (χ0n) is 5.87. The average Bonchev–Trinajstić information content (AvgIpc) is 1.98. The van der Waals surface area contributed by atoms with E-state index in [0.29, 0.717) is 6.08 Å². The maximum Gasteiger partial charge on any atom is 0.526 e. The fourth-order valence-corrected chi connectivity index (χ4v) is 0.385. The Hall–Kier alpha value is -1.09. The summed E-state index contributed by atoms with van der Waals surface area (Å²) in [6.07, 6.45) is 0.436. The second kappa shape index (κ2) is 3.75. The van der Waals surface area contributed by atoms with Gasteiger partial charge < -0.3 is 0 Å². The Balaban J connectivity index is 4.39. The van der Waals surface area contributed by atoms with E-state index in [1.807, 2.05) is 0 Å². The van der Waals surface area contributed by atoms with Crippen LogP contribution in [0.3, 0.4) is 0 Å². The number of hydrogen-bond acceptors (Lipinski definition) is 5. The van der Waals surface area contributed by atoms with Gasteiger partial charge in [0, 0.05) is 6.08 Å². The summed E-state index contributed by atoms with van der Waals surface area (Å²) < 4.78 is 57.3. The first-order chi connectivity index (χ1) is 5.70. The summed E-state index contributed by atoms with van der Waals surface area (Å²) in [5, 5.41) is 0. The highest BCUT2D eigenvalue weighted by atomic mass is 32.2. The molecular formula is C4H3F3O5S. The molecule has 0 saturated heterocycles. The van der Waals surface area contributed by atoms with Crippen molar-refractivity contribution in [3.63, 3.8) is 0 Å². The lowest BCUT2D eigenvalue weighted by molar-refractivity contribution is -0.211. The monoisotopic (exact) mass is 220 g/mol. The van der Waals surface area contributed by atoms with Crippen molar-refractivity contribution in [2.24, 2.45) is 0 Å². The standard InChI is InChI=1S/C4H3F3O5S/c1-2-3(8)11-12-13(9,10)4(5,6)7/h2H,1H2. The molecule has 0 spiro atoms. The largest absolute Gasteiger partial charge is 0.526 e. The maximum absolute atomic E-state index is 11.5. The number of rotatable bonds is 3. The first-order valence-corrected chi connectivity index (χ1v) is 3.95. The van der Waals surface area contributed by atoms with Crippen molar-refractivity contribution in [2.75, 3.05) is 0 Å². The molecule has 0 heterocycles. The minimum atomic E-state index is -5.89. The van der Waals surface area contributed by atoms with Crippen LogP contribution in [-0.2, 0) is 24.1 Å². The summed E-state index contributed by atoms with van der Waals surface area (Å²) in [6, 6.07) is 0. The molecule has 0 aromatic rings. The van der Waals surface area contributed by atoms with E-state index >= 15 is 0 Å². The topological polar surface area (TPSA) is 69.7 Å². The molecule has 0 saturated carbocycles. The highest BCUT2D eigenvalue weighted by Crippen LogP contribution is 2.24. The molecule has 0 bridgehead atoms. The van der Waals surface area contributed by atoms with E-state index in [1.54, 1.807) is 0 Å². The molecule has 0 aliphatic carbocycles. The minimum Gasteiger partial charge on any atom is -0.276 e. The SMILES string of the molecule is C=CC(=O)OOS(=O)(=O)C(F)(F)F. The molecule has 0 amide bonds. The Labute approximate surface area is 70.8 Å². The molecule has 13 heavy (non-hydrogen) atoms. The fraction of sp³-hybridized carbons (Fsp3) is 0.250. The molecule has 0 aromatic carbocycles. The molecule has 5 nitrogen and oxygen atoms in total. The predicted octanol–water partition coefficient (Wildman–Crippen LogP) is 0.497. The number of halogens is 3. The Morgan fingerprint density at radius 1 is 1.38 bits per heavy atom. The van der Waals surface area contributed by atoms with Crippen LogP contribution < -0.4 is 0 Å². The predicted molar refractivity (Wildman–Crippen MR) is 32.3 cm³/mol. The van der Waals surface area contributed by atoms with Crippen molar-refractivity contribution in [2.45, 2.75) is 5.51 Å². The summed E-state index contributed by atoms with van der Waals surface area (Å²) in [4.78, 5) is 13.3. The number of carbonyl (C=O) groups is 1. The number of alkyl halides is 3. The molecule has 0 fully saturated rings. The Kier molecular flexibility index (Phi) is 3.43. The molecule has 0 unspecified atom stereocenters. The van der Waals surface area contributed by atoms with Gasteiger partial charge in [-0.1, -0.05) is 6.58 Å². The van der Waals surface area contributed by atoms with Crippen LogP contribution in [0.2, 0.25) is 0 Å². The van der Waals surface area contributed by atoms with E-state index in [4.69, 9.17) is 0 Å². The van der Waals surface area contributed by atoms with Crippen molar-refractivity contribution in [3.05, 3.63) is 12.7 Å². The second-order valence-electron chi connectivity index (χ2n) is 1.57. The van der Waals surface area contributed by atoms with Gasteiger partial charge in [-0.15, -0.1) is 0 Å². The van der Waals surface area contributed by atoms with Crippen LogP contribution in [-0.4, -0.2) is 19.9 Å². The van der Waals surface area contributed by atoms with Gasteiger partial charge in [0.05, 0.1) is 0 Å². The molecule has 0 radical (unpaired) electrons. The molecule has 76 valence electrons. The highest BCUT2D eigenvalue weighted by Gasteiger charge is 2.49. The van der Waals surface area contributed by atoms with Gasteiger partial charge in [-0.25, -0.2) is 4.79 Å². The zero-order valence-corrected chi connectivity index (χ0v) is 6.68. The van der Waals surface area contributed by atoms with E-state index in [2.05, 4.69) is 15.8 Å². The molecule has 0 aliphatic rings. The molecule has 0 aliphatic heterocycles. The quantitative estimate of drug-likeness (QED) is 0.299. The van der Waals surface area contributed by atoms with Crippen LogP contribution in [0.15, 0.2) is 12.7 Å². The van der Waals surface area contributed by atoms with E-state index in [9.17, 15) is 26.4 Å². The average molecular weight is 220 g/mol. The van der Waals surface area contributed by atoms with Gasteiger partial charge in [0.1, 0.15) is 0 Å². The molecule has 9 heteroatoms. The third-order valence-corrected chi connectivity index (χ3v) is 1.47. The summed E-state index contributed by atoms with van der Waals surface area (Å²) >= 11 is 0. The van der Waals surface area contributed by atoms with Crippen LogP contribution in [0.25, 0.3) is 0 Å². The Morgan fingerprint density at radius 3 is 2.15 bits per heavy atom. The smallest absolute Gasteiger partial charge is 0.276 e. The third kappa shape index (κ3) is 3.42. The molecule has 0 aromatic heterocycles. The van der Waals surface area contributed by atoms with Crippen LogP contribution in [0.1, 0.15) is 0 Å². The second-order valence-corrected chi connectivity index (χ2v) is 3.08. The van der Waals surface area contributed by atoms with E-state index in [0.717, 1.165) is 0 Å². The lowest BCUT2D eigenvalue weighted by atomic mass is 10.7. The lowest BCUT2D eigenvalue weighted by Gasteiger charge is -2.04. The van der Waals surface area contributed by atoms with Crippen LogP contribution in [0.4, 0.5) is 13.2 Å². The Bertz CT molecular complexity index is 302. The Morgan fingerprint density at radius 2 is 1.85 bits per heavy atom. The lowest BCUT2D eigenvalue weighted by Crippen LogP contribution is -2.26. The highest BCUT2D eigenvalue weighted by molar-refractivity contribution is 7.87. The van der Waals surface area contributed by atoms with Gasteiger partial charge in [-0.05, 0) is 4.33 Å². The van der Waals surface area contributed by atoms with Crippen LogP contribution in [0.5, 0.6) is 0 Å². The molecule has 0 rings (SSSR count). The molecule has 0 N–H and O–H groups in total.